The Labute approximate surface area is 106 Å². The van der Waals surface area contributed by atoms with Gasteiger partial charge in [-0.1, -0.05) is 13.0 Å². The van der Waals surface area contributed by atoms with Crippen LogP contribution in [0.3, 0.4) is 0 Å². The fraction of sp³-hybridized carbons (Fsp3) is 0.385. The predicted octanol–water partition coefficient (Wildman–Crippen LogP) is 1.38. The van der Waals surface area contributed by atoms with E-state index in [0.29, 0.717) is 17.9 Å². The number of nitrogens with one attached hydrogen (secondary N) is 1. The molecule has 0 heterocycles. The van der Waals surface area contributed by atoms with Gasteiger partial charge in [0.05, 0.1) is 13.7 Å². The third-order valence-electron chi connectivity index (χ3n) is 2.19. The highest BCUT2D eigenvalue weighted by atomic mass is 16.5. The Kier molecular flexibility index (Phi) is 5.70. The number of methoxy groups -OCH3 is 1. The maximum Gasteiger partial charge on any atom is 0.325 e. The summed E-state index contributed by atoms with van der Waals surface area (Å²) in [6.45, 7) is 2.14. The number of ether oxygens (including phenoxy) is 2. The molecule has 98 valence electrons. The standard InChI is InChI=1S/C13H17NO4/c1-3-7-18-12(15)9-14-13(16)10-5-4-6-11(8-10)17-2/h4-6,8H,3,7,9H2,1-2H3,(H,14,16). The Morgan fingerprint density at radius 2 is 2.11 bits per heavy atom. The van der Waals surface area contributed by atoms with Gasteiger partial charge in [0, 0.05) is 5.56 Å². The predicted molar refractivity (Wildman–Crippen MR) is 66.6 cm³/mol. The molecule has 1 aromatic rings. The molecule has 0 aliphatic heterocycles. The monoisotopic (exact) mass is 251 g/mol. The maximum absolute atomic E-state index is 11.7. The van der Waals surface area contributed by atoms with E-state index in [9.17, 15) is 9.59 Å². The largest absolute Gasteiger partial charge is 0.497 e. The number of hydrogen-bond acceptors (Lipinski definition) is 4. The van der Waals surface area contributed by atoms with Crippen molar-refractivity contribution in [3.8, 4) is 5.75 Å². The molecule has 18 heavy (non-hydrogen) atoms. The van der Waals surface area contributed by atoms with Crippen LogP contribution in [0.2, 0.25) is 0 Å². The Morgan fingerprint density at radius 1 is 1.33 bits per heavy atom. The molecule has 0 radical (unpaired) electrons. The maximum atomic E-state index is 11.7. The zero-order valence-electron chi connectivity index (χ0n) is 10.6. The van der Waals surface area contributed by atoms with E-state index >= 15 is 0 Å². The quantitative estimate of drug-likeness (QED) is 0.776. The normalized spacial score (nSPS) is 9.67. The van der Waals surface area contributed by atoms with Gasteiger partial charge in [0.25, 0.3) is 5.91 Å². The molecule has 0 bridgehead atoms. The van der Waals surface area contributed by atoms with Crippen molar-refractivity contribution < 1.29 is 19.1 Å². The third-order valence-corrected chi connectivity index (χ3v) is 2.19. The SMILES string of the molecule is CCCOC(=O)CNC(=O)c1cccc(OC)c1. The van der Waals surface area contributed by atoms with Crippen molar-refractivity contribution in [3.05, 3.63) is 29.8 Å². The third kappa shape index (κ3) is 4.45. The molecule has 0 aliphatic carbocycles. The summed E-state index contributed by atoms with van der Waals surface area (Å²) in [5.74, 6) is -0.174. The lowest BCUT2D eigenvalue weighted by Gasteiger charge is -2.06. The summed E-state index contributed by atoms with van der Waals surface area (Å²) in [5, 5.41) is 2.49. The van der Waals surface area contributed by atoms with Crippen LogP contribution in [0.4, 0.5) is 0 Å². The second-order valence-electron chi connectivity index (χ2n) is 3.64. The Balaban J connectivity index is 2.47. The molecule has 5 nitrogen and oxygen atoms in total. The first-order valence-electron chi connectivity index (χ1n) is 5.75. The minimum atomic E-state index is -0.437. The van der Waals surface area contributed by atoms with Crippen molar-refractivity contribution >= 4 is 11.9 Å². The van der Waals surface area contributed by atoms with E-state index in [2.05, 4.69) is 5.32 Å². The van der Waals surface area contributed by atoms with Crippen LogP contribution in [-0.2, 0) is 9.53 Å². The van der Waals surface area contributed by atoms with Gasteiger partial charge >= 0.3 is 5.97 Å². The van der Waals surface area contributed by atoms with E-state index in [1.807, 2.05) is 6.92 Å². The van der Waals surface area contributed by atoms with E-state index in [4.69, 9.17) is 9.47 Å². The second kappa shape index (κ2) is 7.32. The fourth-order valence-electron chi connectivity index (χ4n) is 1.29. The molecule has 1 rings (SSSR count). The van der Waals surface area contributed by atoms with E-state index in [1.54, 1.807) is 24.3 Å². The molecule has 0 saturated carbocycles. The number of hydrogen-bond donors (Lipinski definition) is 1. The van der Waals surface area contributed by atoms with Crippen molar-refractivity contribution in [2.75, 3.05) is 20.3 Å². The first-order valence-corrected chi connectivity index (χ1v) is 5.75. The molecule has 0 fully saturated rings. The minimum absolute atomic E-state index is 0.129. The van der Waals surface area contributed by atoms with Gasteiger partial charge < -0.3 is 14.8 Å². The van der Waals surface area contributed by atoms with Crippen molar-refractivity contribution in [1.82, 2.24) is 5.32 Å². The molecular formula is C13H17NO4. The van der Waals surface area contributed by atoms with Gasteiger partial charge in [0.1, 0.15) is 12.3 Å². The molecule has 1 amide bonds. The summed E-state index contributed by atoms with van der Waals surface area (Å²) >= 11 is 0. The molecule has 0 atom stereocenters. The van der Waals surface area contributed by atoms with Crippen LogP contribution >= 0.6 is 0 Å². The highest BCUT2D eigenvalue weighted by Crippen LogP contribution is 2.12. The molecule has 0 aliphatic rings. The lowest BCUT2D eigenvalue weighted by molar-refractivity contribution is -0.142. The zero-order valence-corrected chi connectivity index (χ0v) is 10.6. The second-order valence-corrected chi connectivity index (χ2v) is 3.64. The highest BCUT2D eigenvalue weighted by Gasteiger charge is 2.09. The van der Waals surface area contributed by atoms with Gasteiger partial charge in [-0.15, -0.1) is 0 Å². The molecule has 5 heteroatoms. The van der Waals surface area contributed by atoms with E-state index in [-0.39, 0.29) is 12.5 Å². The van der Waals surface area contributed by atoms with Crippen LogP contribution in [0.25, 0.3) is 0 Å². The summed E-state index contributed by atoms with van der Waals surface area (Å²) in [7, 11) is 1.53. The Bertz CT molecular complexity index is 417. The number of benzene rings is 1. The smallest absolute Gasteiger partial charge is 0.325 e. The molecule has 1 N–H and O–H groups in total. The lowest BCUT2D eigenvalue weighted by atomic mass is 10.2. The number of carbonyl (C=O) groups excluding carboxylic acids is 2. The van der Waals surface area contributed by atoms with Crippen LogP contribution < -0.4 is 10.1 Å². The topological polar surface area (TPSA) is 64.6 Å². The summed E-state index contributed by atoms with van der Waals surface area (Å²) in [5.41, 5.74) is 0.442. The van der Waals surface area contributed by atoms with Crippen LogP contribution in [-0.4, -0.2) is 32.1 Å². The number of esters is 1. The van der Waals surface area contributed by atoms with Crippen molar-refractivity contribution in [2.45, 2.75) is 13.3 Å². The first-order chi connectivity index (χ1) is 8.67. The van der Waals surface area contributed by atoms with E-state index in [1.165, 1.54) is 7.11 Å². The van der Waals surface area contributed by atoms with Gasteiger partial charge in [0.2, 0.25) is 0 Å². The van der Waals surface area contributed by atoms with Crippen molar-refractivity contribution in [2.24, 2.45) is 0 Å². The van der Waals surface area contributed by atoms with Crippen molar-refractivity contribution in [3.63, 3.8) is 0 Å². The van der Waals surface area contributed by atoms with E-state index in [0.717, 1.165) is 6.42 Å². The molecule has 0 aromatic heterocycles. The summed E-state index contributed by atoms with van der Waals surface area (Å²) in [6.07, 6.45) is 0.759. The molecule has 0 spiro atoms. The van der Waals surface area contributed by atoms with Gasteiger partial charge in [-0.25, -0.2) is 0 Å². The number of rotatable bonds is 6. The molecule has 1 aromatic carbocycles. The minimum Gasteiger partial charge on any atom is -0.497 e. The Hall–Kier alpha value is -2.04. The number of carbonyl (C=O) groups is 2. The van der Waals surface area contributed by atoms with Crippen LogP contribution in [0.5, 0.6) is 5.75 Å². The summed E-state index contributed by atoms with van der Waals surface area (Å²) in [6, 6.07) is 6.71. The van der Waals surface area contributed by atoms with Gasteiger partial charge in [-0.3, -0.25) is 9.59 Å². The zero-order chi connectivity index (χ0) is 13.4. The average molecular weight is 251 g/mol. The van der Waals surface area contributed by atoms with Gasteiger partial charge in [0.15, 0.2) is 0 Å². The van der Waals surface area contributed by atoms with Crippen LogP contribution in [0, 0.1) is 0 Å². The Morgan fingerprint density at radius 3 is 2.78 bits per heavy atom. The van der Waals surface area contributed by atoms with E-state index < -0.39 is 5.97 Å². The van der Waals surface area contributed by atoms with Crippen LogP contribution in [0.15, 0.2) is 24.3 Å². The average Bonchev–Trinajstić information content (AvgIpc) is 2.42. The molecule has 0 unspecified atom stereocenters. The summed E-state index contributed by atoms with van der Waals surface area (Å²) < 4.78 is 9.86. The van der Waals surface area contributed by atoms with Crippen LogP contribution in [0.1, 0.15) is 23.7 Å². The fourth-order valence-corrected chi connectivity index (χ4v) is 1.29. The van der Waals surface area contributed by atoms with Gasteiger partial charge in [-0.2, -0.15) is 0 Å². The molecule has 0 saturated heterocycles. The number of amides is 1. The lowest BCUT2D eigenvalue weighted by Crippen LogP contribution is -2.30. The summed E-state index contributed by atoms with van der Waals surface area (Å²) in [4.78, 5) is 22.9. The molecular weight excluding hydrogens is 234 g/mol. The highest BCUT2D eigenvalue weighted by molar-refractivity contribution is 5.96. The van der Waals surface area contributed by atoms with Crippen molar-refractivity contribution in [1.29, 1.82) is 0 Å². The first kappa shape index (κ1) is 14.0. The van der Waals surface area contributed by atoms with Gasteiger partial charge in [-0.05, 0) is 24.6 Å².